The molecule has 0 aliphatic carbocycles. The van der Waals surface area contributed by atoms with E-state index in [1.54, 1.807) is 23.1 Å². The first-order valence-electron chi connectivity index (χ1n) is 6.74. The molecular weight excluding hydrogens is 277 g/mol. The second kappa shape index (κ2) is 6.63. The van der Waals surface area contributed by atoms with E-state index in [1.165, 1.54) is 12.1 Å². The number of nitrogens with zero attached hydrogens (tertiary/aromatic N) is 1. The first kappa shape index (κ1) is 15.4. The molecule has 1 unspecified atom stereocenters. The summed E-state index contributed by atoms with van der Waals surface area (Å²) in [6, 6.07) is 9.53. The molecule has 0 spiro atoms. The van der Waals surface area contributed by atoms with Crippen LogP contribution in [0.3, 0.4) is 0 Å². The Balaban J connectivity index is 2.42. The van der Waals surface area contributed by atoms with E-state index in [2.05, 4.69) is 0 Å². The van der Waals surface area contributed by atoms with Gasteiger partial charge in [-0.25, -0.2) is 13.2 Å². The Morgan fingerprint density at radius 3 is 2.29 bits per heavy atom. The Morgan fingerprint density at radius 2 is 1.71 bits per heavy atom. The fourth-order valence-electron chi connectivity index (χ4n) is 2.41. The molecule has 5 heteroatoms. The Kier molecular flexibility index (Phi) is 4.85. The molecule has 0 heterocycles. The van der Waals surface area contributed by atoms with Crippen molar-refractivity contribution in [1.82, 2.24) is 0 Å². The highest BCUT2D eigenvalue weighted by atomic mass is 19.2. The highest BCUT2D eigenvalue weighted by Gasteiger charge is 2.21. The number of benzene rings is 2. The maximum atomic E-state index is 14.0. The number of halogens is 3. The summed E-state index contributed by atoms with van der Waals surface area (Å²) in [6.45, 7) is 2.50. The van der Waals surface area contributed by atoms with Gasteiger partial charge in [-0.1, -0.05) is 18.2 Å². The summed E-state index contributed by atoms with van der Waals surface area (Å²) in [4.78, 5) is 1.74. The summed E-state index contributed by atoms with van der Waals surface area (Å²) >= 11 is 0. The van der Waals surface area contributed by atoms with E-state index >= 15 is 0 Å². The zero-order valence-electron chi connectivity index (χ0n) is 11.7. The molecule has 0 bridgehead atoms. The smallest absolute Gasteiger partial charge is 0.159 e. The normalized spacial score (nSPS) is 12.2. The van der Waals surface area contributed by atoms with Gasteiger partial charge in [0.2, 0.25) is 0 Å². The summed E-state index contributed by atoms with van der Waals surface area (Å²) in [5.41, 5.74) is 6.68. The summed E-state index contributed by atoms with van der Waals surface area (Å²) in [6.07, 6.45) is 0. The van der Waals surface area contributed by atoms with Crippen LogP contribution in [-0.2, 0) is 0 Å². The van der Waals surface area contributed by atoms with Crippen LogP contribution in [0.25, 0.3) is 0 Å². The third-order valence-electron chi connectivity index (χ3n) is 3.43. The lowest BCUT2D eigenvalue weighted by molar-refractivity contribution is 0.503. The Hall–Kier alpha value is -2.01. The molecule has 0 amide bonds. The number of hydrogen-bond acceptors (Lipinski definition) is 2. The van der Waals surface area contributed by atoms with Crippen LogP contribution in [0.5, 0.6) is 0 Å². The highest BCUT2D eigenvalue weighted by Crippen LogP contribution is 2.29. The molecule has 0 saturated carbocycles. The minimum Gasteiger partial charge on any atom is -0.361 e. The quantitative estimate of drug-likeness (QED) is 0.912. The third-order valence-corrected chi connectivity index (χ3v) is 3.43. The number of rotatable bonds is 5. The summed E-state index contributed by atoms with van der Waals surface area (Å²) in [7, 11) is 0. The van der Waals surface area contributed by atoms with E-state index < -0.39 is 17.7 Å². The number of para-hydroxylation sites is 1. The maximum Gasteiger partial charge on any atom is 0.159 e. The lowest BCUT2D eigenvalue weighted by Gasteiger charge is -2.32. The molecule has 0 aliphatic rings. The zero-order chi connectivity index (χ0) is 15.4. The van der Waals surface area contributed by atoms with Crippen LogP contribution in [-0.4, -0.2) is 13.1 Å². The number of anilines is 1. The Morgan fingerprint density at radius 1 is 1.00 bits per heavy atom. The molecular formula is C16H17F3N2. The third kappa shape index (κ3) is 3.19. The van der Waals surface area contributed by atoms with E-state index in [1.807, 2.05) is 6.92 Å². The lowest BCUT2D eigenvalue weighted by atomic mass is 10.0. The second-order valence-electron chi connectivity index (χ2n) is 4.66. The van der Waals surface area contributed by atoms with Gasteiger partial charge in [-0.05, 0) is 36.8 Å². The fraction of sp³-hybridized carbons (Fsp3) is 0.250. The molecule has 2 N–H and O–H groups in total. The summed E-state index contributed by atoms with van der Waals surface area (Å²) < 4.78 is 40.4. The molecule has 21 heavy (non-hydrogen) atoms. The van der Waals surface area contributed by atoms with Crippen LogP contribution in [0.2, 0.25) is 0 Å². The van der Waals surface area contributed by atoms with E-state index in [-0.39, 0.29) is 12.4 Å². The maximum absolute atomic E-state index is 14.0. The van der Waals surface area contributed by atoms with Crippen LogP contribution < -0.4 is 10.6 Å². The molecule has 0 aliphatic heterocycles. The van der Waals surface area contributed by atoms with Gasteiger partial charge < -0.3 is 10.6 Å². The first-order valence-corrected chi connectivity index (χ1v) is 6.74. The van der Waals surface area contributed by atoms with Gasteiger partial charge in [0.05, 0.1) is 11.7 Å². The van der Waals surface area contributed by atoms with Crippen molar-refractivity contribution in [3.05, 3.63) is 65.5 Å². The standard InChI is InChI=1S/C16H17F3N2/c1-2-21(15-6-4-3-5-13(15)18)16(10-20)11-7-8-12(17)14(19)9-11/h3-9,16H,2,10,20H2,1H3. The molecule has 0 fully saturated rings. The van der Waals surface area contributed by atoms with E-state index in [0.29, 0.717) is 17.8 Å². The van der Waals surface area contributed by atoms with E-state index in [4.69, 9.17) is 5.73 Å². The SMILES string of the molecule is CCN(c1ccccc1F)C(CN)c1ccc(F)c(F)c1. The van der Waals surface area contributed by atoms with Gasteiger partial charge in [0, 0.05) is 13.1 Å². The van der Waals surface area contributed by atoms with Crippen molar-refractivity contribution in [3.8, 4) is 0 Å². The minimum atomic E-state index is -0.935. The number of likely N-dealkylation sites (N-methyl/N-ethyl adjacent to an activating group) is 1. The van der Waals surface area contributed by atoms with Crippen LogP contribution >= 0.6 is 0 Å². The zero-order valence-corrected chi connectivity index (χ0v) is 11.7. The van der Waals surface area contributed by atoms with Crippen molar-refractivity contribution in [2.24, 2.45) is 5.73 Å². The topological polar surface area (TPSA) is 29.3 Å². The first-order chi connectivity index (χ1) is 10.1. The van der Waals surface area contributed by atoms with Crippen molar-refractivity contribution >= 4 is 5.69 Å². The molecule has 0 saturated heterocycles. The Labute approximate surface area is 122 Å². The van der Waals surface area contributed by atoms with Gasteiger partial charge in [-0.15, -0.1) is 0 Å². The van der Waals surface area contributed by atoms with Gasteiger partial charge >= 0.3 is 0 Å². The van der Waals surface area contributed by atoms with Crippen LogP contribution in [0.4, 0.5) is 18.9 Å². The largest absolute Gasteiger partial charge is 0.361 e. The summed E-state index contributed by atoms with van der Waals surface area (Å²) in [5, 5.41) is 0. The van der Waals surface area contributed by atoms with Gasteiger partial charge in [-0.2, -0.15) is 0 Å². The van der Waals surface area contributed by atoms with Crippen LogP contribution in [0.1, 0.15) is 18.5 Å². The summed E-state index contributed by atoms with van der Waals surface area (Å²) in [5.74, 6) is -2.22. The number of hydrogen-bond donors (Lipinski definition) is 1. The van der Waals surface area contributed by atoms with Gasteiger partial charge in [0.15, 0.2) is 11.6 Å². The predicted octanol–water partition coefficient (Wildman–Crippen LogP) is 3.63. The van der Waals surface area contributed by atoms with E-state index in [9.17, 15) is 13.2 Å². The van der Waals surface area contributed by atoms with Crippen molar-refractivity contribution in [3.63, 3.8) is 0 Å². The molecule has 1 atom stereocenters. The van der Waals surface area contributed by atoms with Gasteiger partial charge in [-0.3, -0.25) is 0 Å². The van der Waals surface area contributed by atoms with Crippen molar-refractivity contribution in [2.75, 3.05) is 18.0 Å². The molecule has 2 nitrogen and oxygen atoms in total. The minimum absolute atomic E-state index is 0.160. The van der Waals surface area contributed by atoms with Gasteiger partial charge in [0.25, 0.3) is 0 Å². The fourth-order valence-corrected chi connectivity index (χ4v) is 2.41. The average Bonchev–Trinajstić information content (AvgIpc) is 2.49. The van der Waals surface area contributed by atoms with Crippen molar-refractivity contribution in [1.29, 1.82) is 0 Å². The average molecular weight is 294 g/mol. The molecule has 0 aromatic heterocycles. The van der Waals surface area contributed by atoms with Crippen LogP contribution in [0, 0.1) is 17.5 Å². The molecule has 0 radical (unpaired) electrons. The highest BCUT2D eigenvalue weighted by molar-refractivity contribution is 5.50. The lowest BCUT2D eigenvalue weighted by Crippen LogP contribution is -2.34. The molecule has 2 aromatic carbocycles. The van der Waals surface area contributed by atoms with Crippen molar-refractivity contribution < 1.29 is 13.2 Å². The van der Waals surface area contributed by atoms with E-state index in [0.717, 1.165) is 12.1 Å². The second-order valence-corrected chi connectivity index (χ2v) is 4.66. The Bertz CT molecular complexity index is 616. The number of nitrogens with two attached hydrogens (primary N) is 1. The predicted molar refractivity (Wildman–Crippen MR) is 77.6 cm³/mol. The molecule has 2 rings (SSSR count). The van der Waals surface area contributed by atoms with Crippen LogP contribution in [0.15, 0.2) is 42.5 Å². The molecule has 112 valence electrons. The van der Waals surface area contributed by atoms with Crippen molar-refractivity contribution in [2.45, 2.75) is 13.0 Å². The molecule has 2 aromatic rings. The monoisotopic (exact) mass is 294 g/mol. The van der Waals surface area contributed by atoms with Gasteiger partial charge in [0.1, 0.15) is 5.82 Å².